The van der Waals surface area contributed by atoms with E-state index in [1.165, 1.54) is 11.8 Å². The minimum Gasteiger partial charge on any atom is -0.383 e. The van der Waals surface area contributed by atoms with Crippen molar-refractivity contribution in [1.82, 2.24) is 15.3 Å². The summed E-state index contributed by atoms with van der Waals surface area (Å²) in [6, 6.07) is 5.79. The van der Waals surface area contributed by atoms with Crippen LogP contribution in [0.3, 0.4) is 0 Å². The van der Waals surface area contributed by atoms with Gasteiger partial charge in [0, 0.05) is 32.6 Å². The maximum absolute atomic E-state index is 6.12. The molecule has 0 atom stereocenters. The van der Waals surface area contributed by atoms with E-state index in [0.29, 0.717) is 11.6 Å². The molecule has 0 saturated carbocycles. The molecule has 0 aliphatic rings. The molecule has 2 aromatic rings. The zero-order chi connectivity index (χ0) is 15.1. The number of rotatable bonds is 7. The largest absolute Gasteiger partial charge is 0.383 e. The van der Waals surface area contributed by atoms with Gasteiger partial charge in [-0.05, 0) is 41.9 Å². The topological polar surface area (TPSA) is 47.0 Å². The molecule has 4 nitrogen and oxygen atoms in total. The molecule has 112 valence electrons. The first-order valence-corrected chi connectivity index (χ1v) is 7.83. The molecule has 2 rings (SSSR count). The van der Waals surface area contributed by atoms with E-state index in [2.05, 4.69) is 21.4 Å². The van der Waals surface area contributed by atoms with Gasteiger partial charge in [0.1, 0.15) is 10.1 Å². The number of hydrogen-bond donors (Lipinski definition) is 1. The van der Waals surface area contributed by atoms with E-state index >= 15 is 0 Å². The SMILES string of the molecule is COCCNCc1cnc(Sc2ncccc2Cl)c(C)c1. The molecule has 0 amide bonds. The Kier molecular flexibility index (Phi) is 6.45. The number of methoxy groups -OCH3 is 1. The molecule has 0 radical (unpaired) electrons. The number of nitrogens with one attached hydrogen (secondary N) is 1. The number of nitrogens with zero attached hydrogens (tertiary/aromatic N) is 2. The number of pyridine rings is 2. The van der Waals surface area contributed by atoms with Gasteiger partial charge in [-0.15, -0.1) is 0 Å². The second-order valence-corrected chi connectivity index (χ2v) is 5.91. The number of hydrogen-bond acceptors (Lipinski definition) is 5. The van der Waals surface area contributed by atoms with E-state index in [1.807, 2.05) is 25.3 Å². The normalized spacial score (nSPS) is 10.8. The zero-order valence-electron chi connectivity index (χ0n) is 12.1. The van der Waals surface area contributed by atoms with Gasteiger partial charge < -0.3 is 10.1 Å². The highest BCUT2D eigenvalue weighted by Gasteiger charge is 2.08. The van der Waals surface area contributed by atoms with Crippen LogP contribution in [0.2, 0.25) is 5.02 Å². The van der Waals surface area contributed by atoms with Gasteiger partial charge in [-0.1, -0.05) is 17.7 Å². The smallest absolute Gasteiger partial charge is 0.121 e. The summed E-state index contributed by atoms with van der Waals surface area (Å²) in [6.07, 6.45) is 3.61. The Bertz CT molecular complexity index is 595. The lowest BCUT2D eigenvalue weighted by Crippen LogP contribution is -2.18. The molecule has 0 aromatic carbocycles. The Balaban J connectivity index is 2.01. The minimum atomic E-state index is 0.647. The molecule has 6 heteroatoms. The maximum atomic E-state index is 6.12. The molecular formula is C15H18ClN3OS. The van der Waals surface area contributed by atoms with E-state index in [-0.39, 0.29) is 0 Å². The average molecular weight is 324 g/mol. The quantitative estimate of drug-likeness (QED) is 0.792. The van der Waals surface area contributed by atoms with E-state index in [1.54, 1.807) is 13.3 Å². The highest BCUT2D eigenvalue weighted by Crippen LogP contribution is 2.31. The van der Waals surface area contributed by atoms with Gasteiger partial charge in [0.2, 0.25) is 0 Å². The molecule has 0 fully saturated rings. The molecule has 0 aliphatic carbocycles. The fourth-order valence-electron chi connectivity index (χ4n) is 1.77. The van der Waals surface area contributed by atoms with Gasteiger partial charge in [0.15, 0.2) is 0 Å². The van der Waals surface area contributed by atoms with Crippen LogP contribution in [-0.2, 0) is 11.3 Å². The Labute approximate surface area is 134 Å². The molecule has 0 unspecified atom stereocenters. The molecule has 2 heterocycles. The van der Waals surface area contributed by atoms with E-state index in [0.717, 1.165) is 34.3 Å². The summed E-state index contributed by atoms with van der Waals surface area (Å²) in [4.78, 5) is 8.78. The molecule has 1 N–H and O–H groups in total. The summed E-state index contributed by atoms with van der Waals surface area (Å²) in [5, 5.41) is 5.66. The standard InChI is InChI=1S/C15H18ClN3OS/c1-11-8-12(9-17-6-7-20-2)10-19-14(11)21-15-13(16)4-3-5-18-15/h3-5,8,10,17H,6-7,9H2,1-2H3. The van der Waals surface area contributed by atoms with Crippen LogP contribution in [0.5, 0.6) is 0 Å². The summed E-state index contributed by atoms with van der Waals surface area (Å²) in [6.45, 7) is 4.37. The van der Waals surface area contributed by atoms with Crippen molar-refractivity contribution in [3.63, 3.8) is 0 Å². The fourth-order valence-corrected chi connectivity index (χ4v) is 2.79. The van der Waals surface area contributed by atoms with Gasteiger partial charge in [-0.3, -0.25) is 0 Å². The maximum Gasteiger partial charge on any atom is 0.121 e. The summed E-state index contributed by atoms with van der Waals surface area (Å²) in [7, 11) is 1.70. The molecule has 0 bridgehead atoms. The van der Waals surface area contributed by atoms with Crippen LogP contribution in [0, 0.1) is 6.92 Å². The number of aromatic nitrogens is 2. The third-order valence-corrected chi connectivity index (χ3v) is 4.37. The monoisotopic (exact) mass is 323 g/mol. The number of aryl methyl sites for hydroxylation is 1. The van der Waals surface area contributed by atoms with Crippen LogP contribution in [-0.4, -0.2) is 30.2 Å². The van der Waals surface area contributed by atoms with Crippen LogP contribution in [0.1, 0.15) is 11.1 Å². The third-order valence-electron chi connectivity index (χ3n) is 2.82. The van der Waals surface area contributed by atoms with Crippen molar-refractivity contribution in [2.75, 3.05) is 20.3 Å². The van der Waals surface area contributed by atoms with Gasteiger partial charge in [0.25, 0.3) is 0 Å². The Hall–Kier alpha value is -1.14. The van der Waals surface area contributed by atoms with E-state index < -0.39 is 0 Å². The van der Waals surface area contributed by atoms with Gasteiger partial charge >= 0.3 is 0 Å². The van der Waals surface area contributed by atoms with Crippen LogP contribution >= 0.6 is 23.4 Å². The van der Waals surface area contributed by atoms with Crippen molar-refractivity contribution >= 4 is 23.4 Å². The molecule has 0 saturated heterocycles. The Morgan fingerprint density at radius 2 is 2.19 bits per heavy atom. The second kappa shape index (κ2) is 8.34. The van der Waals surface area contributed by atoms with Gasteiger partial charge in [-0.25, -0.2) is 9.97 Å². The van der Waals surface area contributed by atoms with Crippen molar-refractivity contribution in [3.8, 4) is 0 Å². The van der Waals surface area contributed by atoms with Crippen molar-refractivity contribution in [3.05, 3.63) is 46.7 Å². The van der Waals surface area contributed by atoms with Crippen LogP contribution in [0.25, 0.3) is 0 Å². The van der Waals surface area contributed by atoms with Crippen molar-refractivity contribution < 1.29 is 4.74 Å². The molecule has 21 heavy (non-hydrogen) atoms. The van der Waals surface area contributed by atoms with Crippen LogP contribution in [0.15, 0.2) is 40.6 Å². The van der Waals surface area contributed by atoms with Gasteiger partial charge in [0.05, 0.1) is 11.6 Å². The highest BCUT2D eigenvalue weighted by atomic mass is 35.5. The zero-order valence-corrected chi connectivity index (χ0v) is 13.7. The van der Waals surface area contributed by atoms with E-state index in [9.17, 15) is 0 Å². The first-order chi connectivity index (χ1) is 10.2. The van der Waals surface area contributed by atoms with Gasteiger partial charge in [-0.2, -0.15) is 0 Å². The lowest BCUT2D eigenvalue weighted by Gasteiger charge is -2.08. The molecule has 0 aliphatic heterocycles. The predicted molar refractivity (Wildman–Crippen MR) is 85.9 cm³/mol. The summed E-state index contributed by atoms with van der Waals surface area (Å²) in [5.74, 6) is 0. The molecule has 0 spiro atoms. The minimum absolute atomic E-state index is 0.647. The number of ether oxygens (including phenoxy) is 1. The highest BCUT2D eigenvalue weighted by molar-refractivity contribution is 7.99. The van der Waals surface area contributed by atoms with Crippen molar-refractivity contribution in [1.29, 1.82) is 0 Å². The Morgan fingerprint density at radius 3 is 2.90 bits per heavy atom. The fraction of sp³-hybridized carbons (Fsp3) is 0.333. The molecule has 2 aromatic heterocycles. The van der Waals surface area contributed by atoms with Crippen molar-refractivity contribution in [2.45, 2.75) is 23.5 Å². The Morgan fingerprint density at radius 1 is 1.33 bits per heavy atom. The third kappa shape index (κ3) is 4.97. The molecular weight excluding hydrogens is 306 g/mol. The number of halogens is 1. The van der Waals surface area contributed by atoms with Crippen LogP contribution < -0.4 is 5.32 Å². The van der Waals surface area contributed by atoms with Crippen molar-refractivity contribution in [2.24, 2.45) is 0 Å². The summed E-state index contributed by atoms with van der Waals surface area (Å²) >= 11 is 7.61. The first-order valence-electron chi connectivity index (χ1n) is 6.64. The lowest BCUT2D eigenvalue weighted by molar-refractivity contribution is 0.199. The van der Waals surface area contributed by atoms with Crippen LogP contribution in [0.4, 0.5) is 0 Å². The first kappa shape index (κ1) is 16.2. The predicted octanol–water partition coefficient (Wildman–Crippen LogP) is 3.33. The average Bonchev–Trinajstić information content (AvgIpc) is 2.48. The summed E-state index contributed by atoms with van der Waals surface area (Å²) in [5.41, 5.74) is 2.27. The summed E-state index contributed by atoms with van der Waals surface area (Å²) < 4.78 is 5.00. The van der Waals surface area contributed by atoms with E-state index in [4.69, 9.17) is 16.3 Å². The lowest BCUT2D eigenvalue weighted by atomic mass is 10.2. The second-order valence-electron chi connectivity index (χ2n) is 4.53.